The number of esters is 1. The minimum atomic E-state index is -0.627. The molecule has 7 heteroatoms. The van der Waals surface area contributed by atoms with E-state index < -0.39 is 18.5 Å². The summed E-state index contributed by atoms with van der Waals surface area (Å²) in [5.74, 6) is -1.31. The van der Waals surface area contributed by atoms with E-state index in [0.29, 0.717) is 10.6 Å². The fourth-order valence-corrected chi connectivity index (χ4v) is 1.65. The van der Waals surface area contributed by atoms with Gasteiger partial charge in [0.15, 0.2) is 12.4 Å². The van der Waals surface area contributed by atoms with Crippen molar-refractivity contribution in [1.82, 2.24) is 5.32 Å². The van der Waals surface area contributed by atoms with Gasteiger partial charge in [-0.1, -0.05) is 11.6 Å². The van der Waals surface area contributed by atoms with Crippen molar-refractivity contribution in [3.8, 4) is 6.07 Å². The van der Waals surface area contributed by atoms with Gasteiger partial charge in [-0.05, 0) is 24.3 Å². The summed E-state index contributed by atoms with van der Waals surface area (Å²) < 4.78 is 4.73. The summed E-state index contributed by atoms with van der Waals surface area (Å²) in [4.78, 5) is 34.5. The van der Waals surface area contributed by atoms with Crippen LogP contribution in [0, 0.1) is 11.3 Å². The molecule has 0 aliphatic rings. The molecule has 116 valence electrons. The first kappa shape index (κ1) is 17.7. The Morgan fingerprint density at radius 3 is 2.50 bits per heavy atom. The molecule has 0 unspecified atom stereocenters. The fraction of sp³-hybridized carbons (Fsp3) is 0.333. The molecule has 22 heavy (non-hydrogen) atoms. The second-order valence-corrected chi connectivity index (χ2v) is 4.79. The van der Waals surface area contributed by atoms with Crippen molar-refractivity contribution >= 4 is 29.3 Å². The molecule has 0 aromatic heterocycles. The van der Waals surface area contributed by atoms with Gasteiger partial charge < -0.3 is 10.1 Å². The summed E-state index contributed by atoms with van der Waals surface area (Å²) in [6.45, 7) is -0.207. The lowest BCUT2D eigenvalue weighted by Crippen LogP contribution is -2.29. The van der Waals surface area contributed by atoms with Gasteiger partial charge in [0.25, 0.3) is 5.91 Å². The van der Waals surface area contributed by atoms with Crippen molar-refractivity contribution in [1.29, 1.82) is 5.26 Å². The number of carbonyl (C=O) groups is 3. The number of benzene rings is 1. The van der Waals surface area contributed by atoms with Gasteiger partial charge in [0.05, 0.1) is 18.9 Å². The van der Waals surface area contributed by atoms with Crippen LogP contribution in [0.4, 0.5) is 0 Å². The molecule has 1 aromatic carbocycles. The van der Waals surface area contributed by atoms with Gasteiger partial charge in [0, 0.05) is 23.6 Å². The number of halogens is 1. The van der Waals surface area contributed by atoms with Crippen molar-refractivity contribution in [3.05, 3.63) is 34.9 Å². The molecule has 0 saturated heterocycles. The van der Waals surface area contributed by atoms with Crippen LogP contribution in [0.25, 0.3) is 0 Å². The lowest BCUT2D eigenvalue weighted by Gasteiger charge is -2.05. The highest BCUT2D eigenvalue weighted by Crippen LogP contribution is 2.12. The van der Waals surface area contributed by atoms with E-state index in [-0.39, 0.29) is 31.6 Å². The minimum absolute atomic E-state index is 0.00346. The fourth-order valence-electron chi connectivity index (χ4n) is 1.52. The lowest BCUT2D eigenvalue weighted by molar-refractivity contribution is -0.148. The topological polar surface area (TPSA) is 96.3 Å². The number of nitrogens with zero attached hydrogens (tertiary/aromatic N) is 1. The average Bonchev–Trinajstić information content (AvgIpc) is 2.51. The first-order valence-corrected chi connectivity index (χ1v) is 6.98. The van der Waals surface area contributed by atoms with Crippen LogP contribution in [-0.4, -0.2) is 30.8 Å². The summed E-state index contributed by atoms with van der Waals surface area (Å²) in [5.41, 5.74) is 0.464. The summed E-state index contributed by atoms with van der Waals surface area (Å²) >= 11 is 5.72. The third-order valence-corrected chi connectivity index (χ3v) is 2.90. The lowest BCUT2D eigenvalue weighted by atomic mass is 10.1. The van der Waals surface area contributed by atoms with Crippen LogP contribution in [-0.2, 0) is 14.3 Å². The average molecular weight is 323 g/mol. The molecule has 1 amide bonds. The molecule has 0 aliphatic carbocycles. The van der Waals surface area contributed by atoms with E-state index in [0.717, 1.165) is 0 Å². The van der Waals surface area contributed by atoms with Crippen molar-refractivity contribution in [2.24, 2.45) is 0 Å². The molecule has 0 fully saturated rings. The summed E-state index contributed by atoms with van der Waals surface area (Å²) in [5, 5.41) is 11.2. The van der Waals surface area contributed by atoms with Crippen LogP contribution in [0.5, 0.6) is 0 Å². The molecule has 0 heterocycles. The van der Waals surface area contributed by atoms with Gasteiger partial charge >= 0.3 is 5.97 Å². The van der Waals surface area contributed by atoms with E-state index in [9.17, 15) is 14.4 Å². The number of amides is 1. The first-order chi connectivity index (χ1) is 10.5. The number of hydrogen-bond donors (Lipinski definition) is 1. The summed E-state index contributed by atoms with van der Waals surface area (Å²) in [7, 11) is 0. The van der Waals surface area contributed by atoms with Crippen LogP contribution in [0.3, 0.4) is 0 Å². The number of nitriles is 1. The number of ether oxygens (including phenoxy) is 1. The maximum Gasteiger partial charge on any atom is 0.306 e. The molecule has 0 bridgehead atoms. The van der Waals surface area contributed by atoms with E-state index in [4.69, 9.17) is 21.6 Å². The van der Waals surface area contributed by atoms with Crippen LogP contribution in [0.2, 0.25) is 5.02 Å². The number of rotatable bonds is 8. The maximum absolute atomic E-state index is 11.8. The smallest absolute Gasteiger partial charge is 0.306 e. The standard InChI is InChI=1S/C15H15ClN2O4/c16-12-4-2-11(3-5-12)13(19)6-7-15(21)22-10-14(20)18-9-1-8-17/h2-5H,1,6-7,9-10H2,(H,18,20). The van der Waals surface area contributed by atoms with E-state index in [1.807, 2.05) is 6.07 Å². The minimum Gasteiger partial charge on any atom is -0.456 e. The molecule has 0 spiro atoms. The SMILES string of the molecule is N#CCCNC(=O)COC(=O)CCC(=O)c1ccc(Cl)cc1. The molecular formula is C15H15ClN2O4. The highest BCUT2D eigenvalue weighted by atomic mass is 35.5. The Labute approximate surface area is 133 Å². The zero-order valence-corrected chi connectivity index (χ0v) is 12.6. The van der Waals surface area contributed by atoms with Gasteiger partial charge in [-0.2, -0.15) is 5.26 Å². The Hall–Kier alpha value is -2.39. The Morgan fingerprint density at radius 1 is 1.18 bits per heavy atom. The van der Waals surface area contributed by atoms with E-state index >= 15 is 0 Å². The highest BCUT2D eigenvalue weighted by Gasteiger charge is 2.11. The monoisotopic (exact) mass is 322 g/mol. The quantitative estimate of drug-likeness (QED) is 0.448. The zero-order valence-electron chi connectivity index (χ0n) is 11.8. The summed E-state index contributed by atoms with van der Waals surface area (Å²) in [6.07, 6.45) is 0.0821. The highest BCUT2D eigenvalue weighted by molar-refractivity contribution is 6.30. The van der Waals surface area contributed by atoms with Crippen molar-refractivity contribution < 1.29 is 19.1 Å². The molecular weight excluding hydrogens is 308 g/mol. The number of nitrogens with one attached hydrogen (secondary N) is 1. The van der Waals surface area contributed by atoms with E-state index in [1.54, 1.807) is 24.3 Å². The number of hydrogen-bond acceptors (Lipinski definition) is 5. The molecule has 0 aliphatic heterocycles. The number of Topliss-reactive ketones (excluding diaryl/α,β-unsaturated/α-hetero) is 1. The van der Waals surface area contributed by atoms with Crippen molar-refractivity contribution in [2.45, 2.75) is 19.3 Å². The molecule has 0 radical (unpaired) electrons. The second kappa shape index (κ2) is 9.53. The summed E-state index contributed by atoms with van der Waals surface area (Å²) in [6, 6.07) is 8.23. The predicted octanol–water partition coefficient (Wildman–Crippen LogP) is 1.88. The van der Waals surface area contributed by atoms with E-state index in [2.05, 4.69) is 5.32 Å². The molecule has 1 N–H and O–H groups in total. The van der Waals surface area contributed by atoms with Crippen LogP contribution < -0.4 is 5.32 Å². The normalized spacial score (nSPS) is 9.64. The van der Waals surface area contributed by atoms with Gasteiger partial charge in [0.2, 0.25) is 0 Å². The van der Waals surface area contributed by atoms with Crippen LogP contribution >= 0.6 is 11.6 Å². The van der Waals surface area contributed by atoms with Crippen LogP contribution in [0.15, 0.2) is 24.3 Å². The Balaban J connectivity index is 2.25. The largest absolute Gasteiger partial charge is 0.456 e. The molecule has 1 aromatic rings. The van der Waals surface area contributed by atoms with Gasteiger partial charge in [0.1, 0.15) is 0 Å². The number of ketones is 1. The molecule has 0 atom stereocenters. The molecule has 1 rings (SSSR count). The maximum atomic E-state index is 11.8. The van der Waals surface area contributed by atoms with Gasteiger partial charge in [-0.15, -0.1) is 0 Å². The Bertz CT molecular complexity index is 578. The van der Waals surface area contributed by atoms with Crippen molar-refractivity contribution in [3.63, 3.8) is 0 Å². The second-order valence-electron chi connectivity index (χ2n) is 4.35. The zero-order chi connectivity index (χ0) is 16.4. The third-order valence-electron chi connectivity index (χ3n) is 2.65. The van der Waals surface area contributed by atoms with Gasteiger partial charge in [-0.3, -0.25) is 14.4 Å². The van der Waals surface area contributed by atoms with Crippen molar-refractivity contribution in [2.75, 3.05) is 13.2 Å². The Morgan fingerprint density at radius 2 is 1.86 bits per heavy atom. The van der Waals surface area contributed by atoms with Gasteiger partial charge in [-0.25, -0.2) is 0 Å². The molecule has 0 saturated carbocycles. The van der Waals surface area contributed by atoms with Crippen LogP contribution in [0.1, 0.15) is 29.6 Å². The third kappa shape index (κ3) is 6.86. The van der Waals surface area contributed by atoms with E-state index in [1.165, 1.54) is 0 Å². The molecule has 6 nitrogen and oxygen atoms in total. The predicted molar refractivity (Wildman–Crippen MR) is 79.2 cm³/mol. The number of carbonyl (C=O) groups excluding carboxylic acids is 3. The Kier molecular flexibility index (Phi) is 7.65. The first-order valence-electron chi connectivity index (χ1n) is 6.61.